The maximum atomic E-state index is 13.8. The van der Waals surface area contributed by atoms with Crippen LogP contribution in [0.15, 0.2) is 41.1 Å². The number of benzene rings is 1. The molecule has 3 heterocycles. The van der Waals surface area contributed by atoms with E-state index >= 15 is 0 Å². The Hall–Kier alpha value is -3.49. The molecule has 4 rings (SSSR count). The molecule has 162 valence electrons. The average molecular weight is 425 g/mol. The van der Waals surface area contributed by atoms with E-state index in [0.29, 0.717) is 29.5 Å². The molecule has 31 heavy (non-hydrogen) atoms. The van der Waals surface area contributed by atoms with Gasteiger partial charge in [0.05, 0.1) is 23.0 Å². The predicted molar refractivity (Wildman–Crippen MR) is 112 cm³/mol. The monoisotopic (exact) mass is 425 g/mol. The summed E-state index contributed by atoms with van der Waals surface area (Å²) in [7, 11) is 3.72. The zero-order valence-corrected chi connectivity index (χ0v) is 17.7. The summed E-state index contributed by atoms with van der Waals surface area (Å²) >= 11 is 0. The molecule has 9 heteroatoms. The molecule has 0 unspecified atom stereocenters. The fourth-order valence-corrected chi connectivity index (χ4v) is 3.67. The molecule has 3 aromatic rings. The minimum atomic E-state index is -0.498. The molecule has 1 atom stereocenters. The van der Waals surface area contributed by atoms with Crippen molar-refractivity contribution in [1.29, 1.82) is 0 Å². The Labute approximate surface area is 179 Å². The van der Waals surface area contributed by atoms with Crippen LogP contribution >= 0.6 is 0 Å². The van der Waals surface area contributed by atoms with Crippen molar-refractivity contribution in [3.8, 4) is 17.1 Å². The molecule has 1 aliphatic heterocycles. The number of carbonyl (C=O) groups excluding carboxylic acids is 1. The number of likely N-dealkylation sites (tertiary alicyclic amines) is 1. The van der Waals surface area contributed by atoms with Gasteiger partial charge in [-0.25, -0.2) is 14.4 Å². The maximum absolute atomic E-state index is 13.8. The lowest BCUT2D eigenvalue weighted by molar-refractivity contribution is -0.134. The van der Waals surface area contributed by atoms with Crippen LogP contribution < -0.4 is 9.64 Å². The van der Waals surface area contributed by atoms with Crippen molar-refractivity contribution < 1.29 is 18.4 Å². The number of hydrogen-bond donors (Lipinski definition) is 0. The molecule has 0 bridgehead atoms. The fraction of sp³-hybridized carbons (Fsp3) is 0.364. The minimum absolute atomic E-state index is 0.0568. The quantitative estimate of drug-likeness (QED) is 0.598. The van der Waals surface area contributed by atoms with Gasteiger partial charge in [0, 0.05) is 32.9 Å². The summed E-state index contributed by atoms with van der Waals surface area (Å²) in [5.74, 6) is 0.427. The van der Waals surface area contributed by atoms with E-state index in [9.17, 15) is 9.18 Å². The Morgan fingerprint density at radius 2 is 2.16 bits per heavy atom. The summed E-state index contributed by atoms with van der Waals surface area (Å²) in [6.07, 6.45) is 3.27. The SMILES string of the molecule is Cc1cc(-c2cnc(N(C)C)nc2[C@@H]2CCCN2C(=O)COc2ccccc2F)on1. The Morgan fingerprint density at radius 1 is 1.35 bits per heavy atom. The Morgan fingerprint density at radius 3 is 2.87 bits per heavy atom. The van der Waals surface area contributed by atoms with E-state index in [1.807, 2.05) is 27.1 Å². The molecule has 1 aromatic carbocycles. The standard InChI is InChI=1S/C22H24FN5O3/c1-14-11-19(31-26-14)15-12-24-22(27(2)3)25-21(15)17-8-6-10-28(17)20(29)13-30-18-9-5-4-7-16(18)23/h4-5,7,9,11-12,17H,6,8,10,13H2,1-3H3/t17-/m0/s1. The summed E-state index contributed by atoms with van der Waals surface area (Å²) in [6, 6.07) is 7.59. The first kappa shape index (κ1) is 20.8. The fourth-order valence-electron chi connectivity index (χ4n) is 3.67. The third kappa shape index (κ3) is 4.35. The van der Waals surface area contributed by atoms with Gasteiger partial charge in [-0.1, -0.05) is 17.3 Å². The van der Waals surface area contributed by atoms with E-state index < -0.39 is 5.82 Å². The summed E-state index contributed by atoms with van der Waals surface area (Å²) in [4.78, 5) is 25.7. The second-order valence-corrected chi connectivity index (χ2v) is 7.66. The zero-order chi connectivity index (χ0) is 22.0. The van der Waals surface area contributed by atoms with E-state index in [1.54, 1.807) is 28.1 Å². The van der Waals surface area contributed by atoms with Crippen molar-refractivity contribution in [2.24, 2.45) is 0 Å². The van der Waals surface area contributed by atoms with Crippen molar-refractivity contribution >= 4 is 11.9 Å². The van der Waals surface area contributed by atoms with Crippen molar-refractivity contribution in [3.05, 3.63) is 53.7 Å². The number of halogens is 1. The highest BCUT2D eigenvalue weighted by atomic mass is 19.1. The third-order valence-electron chi connectivity index (χ3n) is 5.18. The van der Waals surface area contributed by atoms with Crippen LogP contribution in [-0.2, 0) is 4.79 Å². The van der Waals surface area contributed by atoms with Gasteiger partial charge < -0.3 is 19.1 Å². The number of amides is 1. The van der Waals surface area contributed by atoms with Gasteiger partial charge in [0.1, 0.15) is 0 Å². The van der Waals surface area contributed by atoms with Crippen LogP contribution in [0, 0.1) is 12.7 Å². The van der Waals surface area contributed by atoms with Gasteiger partial charge in [-0.2, -0.15) is 0 Å². The molecule has 2 aromatic heterocycles. The number of carbonyl (C=O) groups is 1. The molecule has 0 N–H and O–H groups in total. The van der Waals surface area contributed by atoms with Crippen LogP contribution in [0.25, 0.3) is 11.3 Å². The lowest BCUT2D eigenvalue weighted by Gasteiger charge is -2.26. The smallest absolute Gasteiger partial charge is 0.261 e. The number of rotatable bonds is 6. The van der Waals surface area contributed by atoms with Crippen molar-refractivity contribution in [3.63, 3.8) is 0 Å². The molecule has 0 aliphatic carbocycles. The molecule has 0 spiro atoms. The summed E-state index contributed by atoms with van der Waals surface area (Å²) in [5.41, 5.74) is 2.15. The third-order valence-corrected chi connectivity index (χ3v) is 5.18. The molecule has 1 saturated heterocycles. The average Bonchev–Trinajstić information content (AvgIpc) is 3.41. The van der Waals surface area contributed by atoms with Crippen molar-refractivity contribution in [2.45, 2.75) is 25.8 Å². The van der Waals surface area contributed by atoms with Crippen LogP contribution in [0.2, 0.25) is 0 Å². The molecular formula is C22H24FN5O3. The first-order valence-corrected chi connectivity index (χ1v) is 10.1. The van der Waals surface area contributed by atoms with E-state index in [2.05, 4.69) is 10.1 Å². The van der Waals surface area contributed by atoms with Crippen LogP contribution in [0.5, 0.6) is 5.75 Å². The van der Waals surface area contributed by atoms with Gasteiger partial charge in [0.15, 0.2) is 23.9 Å². The number of nitrogens with zero attached hydrogens (tertiary/aromatic N) is 5. The lowest BCUT2D eigenvalue weighted by Crippen LogP contribution is -2.35. The molecule has 0 saturated carbocycles. The number of hydrogen-bond acceptors (Lipinski definition) is 7. The van der Waals surface area contributed by atoms with Crippen LogP contribution in [0.4, 0.5) is 10.3 Å². The largest absolute Gasteiger partial charge is 0.481 e. The normalized spacial score (nSPS) is 15.9. The topological polar surface area (TPSA) is 84.6 Å². The molecule has 0 radical (unpaired) electrons. The summed E-state index contributed by atoms with van der Waals surface area (Å²) in [5, 5.41) is 3.97. The number of para-hydroxylation sites is 1. The van der Waals surface area contributed by atoms with Crippen molar-refractivity contribution in [1.82, 2.24) is 20.0 Å². The second kappa shape index (κ2) is 8.71. The molecule has 1 fully saturated rings. The van der Waals surface area contributed by atoms with Crippen LogP contribution in [0.1, 0.15) is 30.3 Å². The predicted octanol–water partition coefficient (Wildman–Crippen LogP) is 3.39. The number of anilines is 1. The van der Waals surface area contributed by atoms with Gasteiger partial charge in [-0.05, 0) is 31.9 Å². The highest BCUT2D eigenvalue weighted by molar-refractivity contribution is 5.79. The lowest BCUT2D eigenvalue weighted by atomic mass is 10.0. The highest BCUT2D eigenvalue weighted by Crippen LogP contribution is 2.37. The van der Waals surface area contributed by atoms with Gasteiger partial charge in [-0.15, -0.1) is 0 Å². The van der Waals surface area contributed by atoms with Crippen LogP contribution in [0.3, 0.4) is 0 Å². The molecule has 8 nitrogen and oxygen atoms in total. The molecule has 1 amide bonds. The van der Waals surface area contributed by atoms with E-state index in [4.69, 9.17) is 14.2 Å². The Balaban J connectivity index is 1.62. The van der Waals surface area contributed by atoms with Gasteiger partial charge in [0.25, 0.3) is 5.91 Å². The molecule has 1 aliphatic rings. The number of aromatic nitrogens is 3. The molecular weight excluding hydrogens is 401 g/mol. The summed E-state index contributed by atoms with van der Waals surface area (Å²) in [6.45, 7) is 2.16. The first-order chi connectivity index (χ1) is 14.9. The summed E-state index contributed by atoms with van der Waals surface area (Å²) < 4.78 is 24.7. The number of ether oxygens (including phenoxy) is 1. The first-order valence-electron chi connectivity index (χ1n) is 10.1. The zero-order valence-electron chi connectivity index (χ0n) is 17.7. The Kier molecular flexibility index (Phi) is 5.83. The Bertz CT molecular complexity index is 1080. The van der Waals surface area contributed by atoms with Gasteiger partial charge in [-0.3, -0.25) is 4.79 Å². The van der Waals surface area contributed by atoms with Crippen LogP contribution in [-0.4, -0.2) is 53.2 Å². The van der Waals surface area contributed by atoms with E-state index in [0.717, 1.165) is 18.5 Å². The number of aryl methyl sites for hydroxylation is 1. The van der Waals surface area contributed by atoms with E-state index in [1.165, 1.54) is 12.1 Å². The van der Waals surface area contributed by atoms with E-state index in [-0.39, 0.29) is 24.3 Å². The van der Waals surface area contributed by atoms with Gasteiger partial charge in [0.2, 0.25) is 5.95 Å². The van der Waals surface area contributed by atoms with Gasteiger partial charge >= 0.3 is 0 Å². The minimum Gasteiger partial charge on any atom is -0.481 e. The second-order valence-electron chi connectivity index (χ2n) is 7.66. The van der Waals surface area contributed by atoms with Crippen molar-refractivity contribution in [2.75, 3.05) is 32.1 Å². The highest BCUT2D eigenvalue weighted by Gasteiger charge is 2.34. The maximum Gasteiger partial charge on any atom is 0.261 e.